The van der Waals surface area contributed by atoms with Crippen LogP contribution in [0.25, 0.3) is 6.08 Å². The summed E-state index contributed by atoms with van der Waals surface area (Å²) in [5.74, 6) is 0.852. The molecular formula is C20H23NO4S. The van der Waals surface area contributed by atoms with Gasteiger partial charge in [0.05, 0.1) is 20.3 Å². The zero-order chi connectivity index (χ0) is 18.9. The van der Waals surface area contributed by atoms with E-state index in [2.05, 4.69) is 5.32 Å². The van der Waals surface area contributed by atoms with E-state index in [0.717, 1.165) is 5.56 Å². The summed E-state index contributed by atoms with van der Waals surface area (Å²) in [6.45, 7) is 0.101. The van der Waals surface area contributed by atoms with Crippen LogP contribution in [0.4, 0.5) is 0 Å². The number of hydrogen-bond donors (Lipinski definition) is 2. The highest BCUT2D eigenvalue weighted by Crippen LogP contribution is 2.29. The van der Waals surface area contributed by atoms with Gasteiger partial charge in [-0.15, -0.1) is 11.8 Å². The molecule has 1 unspecified atom stereocenters. The number of thioether (sulfide) groups is 1. The number of benzene rings is 2. The van der Waals surface area contributed by atoms with E-state index in [1.807, 2.05) is 30.5 Å². The Balaban J connectivity index is 1.90. The number of amides is 1. The van der Waals surface area contributed by atoms with Crippen LogP contribution in [0.1, 0.15) is 17.2 Å². The standard InChI is InChI=1S/C20H23NO4S/c1-24-18-10-7-15(12-19(18)25-2)17(22)13-21-20(23)11-6-14-4-8-16(26-3)9-5-14/h4-12,17,22H,13H2,1-3H3,(H,21,23)/b11-6+. The van der Waals surface area contributed by atoms with Crippen LogP contribution in [-0.2, 0) is 4.79 Å². The molecule has 5 nitrogen and oxygen atoms in total. The number of methoxy groups -OCH3 is 2. The van der Waals surface area contributed by atoms with E-state index < -0.39 is 6.10 Å². The Morgan fingerprint density at radius 2 is 1.85 bits per heavy atom. The normalized spacial score (nSPS) is 12.0. The summed E-state index contributed by atoms with van der Waals surface area (Å²) in [5, 5.41) is 12.9. The lowest BCUT2D eigenvalue weighted by Crippen LogP contribution is -2.26. The van der Waals surface area contributed by atoms with Gasteiger partial charge in [0.15, 0.2) is 11.5 Å². The number of ether oxygens (including phenoxy) is 2. The van der Waals surface area contributed by atoms with Gasteiger partial charge in [0.1, 0.15) is 0 Å². The van der Waals surface area contributed by atoms with Gasteiger partial charge < -0.3 is 19.9 Å². The fourth-order valence-electron chi connectivity index (χ4n) is 2.32. The molecular weight excluding hydrogens is 350 g/mol. The van der Waals surface area contributed by atoms with Gasteiger partial charge in [-0.2, -0.15) is 0 Å². The maximum absolute atomic E-state index is 11.9. The molecule has 0 bridgehead atoms. The largest absolute Gasteiger partial charge is 0.493 e. The first-order valence-corrected chi connectivity index (χ1v) is 9.29. The van der Waals surface area contributed by atoms with E-state index in [1.165, 1.54) is 18.1 Å². The fraction of sp³-hybridized carbons (Fsp3) is 0.250. The van der Waals surface area contributed by atoms with E-state index in [-0.39, 0.29) is 12.5 Å². The SMILES string of the molecule is COc1ccc(C(O)CNC(=O)/C=C/c2ccc(SC)cc2)cc1OC. The van der Waals surface area contributed by atoms with Crippen molar-refractivity contribution in [3.63, 3.8) is 0 Å². The number of aliphatic hydroxyl groups excluding tert-OH is 1. The zero-order valence-corrected chi connectivity index (χ0v) is 15.9. The summed E-state index contributed by atoms with van der Waals surface area (Å²) in [4.78, 5) is 13.1. The maximum atomic E-state index is 11.9. The van der Waals surface area contributed by atoms with Crippen molar-refractivity contribution in [1.29, 1.82) is 0 Å². The highest BCUT2D eigenvalue weighted by atomic mass is 32.2. The smallest absolute Gasteiger partial charge is 0.244 e. The van der Waals surface area contributed by atoms with E-state index in [4.69, 9.17) is 9.47 Å². The molecule has 0 spiro atoms. The van der Waals surface area contributed by atoms with E-state index in [1.54, 1.807) is 43.1 Å². The van der Waals surface area contributed by atoms with Crippen LogP contribution in [0.5, 0.6) is 11.5 Å². The number of aliphatic hydroxyl groups is 1. The molecule has 0 aliphatic heterocycles. The van der Waals surface area contributed by atoms with Gasteiger partial charge in [0.25, 0.3) is 0 Å². The van der Waals surface area contributed by atoms with Crippen LogP contribution in [-0.4, -0.2) is 38.0 Å². The first kappa shape index (κ1) is 19.9. The monoisotopic (exact) mass is 373 g/mol. The van der Waals surface area contributed by atoms with Gasteiger partial charge in [0.2, 0.25) is 5.91 Å². The van der Waals surface area contributed by atoms with E-state index >= 15 is 0 Å². The van der Waals surface area contributed by atoms with Crippen LogP contribution in [0.3, 0.4) is 0 Å². The Morgan fingerprint density at radius 3 is 2.46 bits per heavy atom. The lowest BCUT2D eigenvalue weighted by molar-refractivity contribution is -0.116. The zero-order valence-electron chi connectivity index (χ0n) is 15.1. The minimum atomic E-state index is -0.840. The van der Waals surface area contributed by atoms with E-state index in [0.29, 0.717) is 17.1 Å². The molecule has 0 aromatic heterocycles. The molecule has 0 aliphatic rings. The third kappa shape index (κ3) is 5.54. The highest BCUT2D eigenvalue weighted by Gasteiger charge is 2.12. The third-order valence-corrected chi connectivity index (χ3v) is 4.55. The molecule has 1 atom stereocenters. The fourth-order valence-corrected chi connectivity index (χ4v) is 2.73. The molecule has 0 radical (unpaired) electrons. The first-order valence-electron chi connectivity index (χ1n) is 8.07. The van der Waals surface area contributed by atoms with Gasteiger partial charge in [-0.1, -0.05) is 18.2 Å². The summed E-state index contributed by atoms with van der Waals surface area (Å²) < 4.78 is 10.4. The lowest BCUT2D eigenvalue weighted by Gasteiger charge is -2.14. The van der Waals surface area contributed by atoms with Gasteiger partial charge in [-0.25, -0.2) is 0 Å². The Morgan fingerprint density at radius 1 is 1.15 bits per heavy atom. The molecule has 1 amide bonds. The molecule has 2 N–H and O–H groups in total. The van der Waals surface area contributed by atoms with E-state index in [9.17, 15) is 9.90 Å². The van der Waals surface area contributed by atoms with Crippen LogP contribution < -0.4 is 14.8 Å². The second kappa shape index (κ2) is 9.89. The second-order valence-corrected chi connectivity index (χ2v) is 6.36. The molecule has 0 aliphatic carbocycles. The molecule has 0 saturated carbocycles. The number of carbonyl (C=O) groups is 1. The minimum Gasteiger partial charge on any atom is -0.493 e. The van der Waals surface area contributed by atoms with Crippen molar-refractivity contribution in [1.82, 2.24) is 5.32 Å². The number of hydrogen-bond acceptors (Lipinski definition) is 5. The third-order valence-electron chi connectivity index (χ3n) is 3.80. The van der Waals surface area contributed by atoms with Crippen molar-refractivity contribution in [2.75, 3.05) is 27.0 Å². The first-order chi connectivity index (χ1) is 12.6. The molecule has 6 heteroatoms. The predicted octanol–water partition coefficient (Wildman–Crippen LogP) is 3.29. The summed E-state index contributed by atoms with van der Waals surface area (Å²) >= 11 is 1.67. The highest BCUT2D eigenvalue weighted by molar-refractivity contribution is 7.98. The molecule has 0 saturated heterocycles. The Bertz CT molecular complexity index is 759. The topological polar surface area (TPSA) is 67.8 Å². The van der Waals surface area contributed by atoms with Crippen molar-refractivity contribution in [3.8, 4) is 11.5 Å². The number of rotatable bonds is 8. The van der Waals surface area contributed by atoms with Crippen LogP contribution >= 0.6 is 11.8 Å². The maximum Gasteiger partial charge on any atom is 0.244 e. The van der Waals surface area contributed by atoms with Gasteiger partial charge in [-0.05, 0) is 47.7 Å². The second-order valence-electron chi connectivity index (χ2n) is 5.48. The number of carbonyl (C=O) groups excluding carboxylic acids is 1. The quantitative estimate of drug-likeness (QED) is 0.549. The Labute approximate surface area is 158 Å². The van der Waals surface area contributed by atoms with Crippen molar-refractivity contribution >= 4 is 23.7 Å². The molecule has 0 heterocycles. The molecule has 2 aromatic carbocycles. The van der Waals surface area contributed by atoms with Crippen molar-refractivity contribution in [2.45, 2.75) is 11.0 Å². The summed E-state index contributed by atoms with van der Waals surface area (Å²) in [5.41, 5.74) is 1.58. The minimum absolute atomic E-state index is 0.101. The van der Waals surface area contributed by atoms with Crippen molar-refractivity contribution in [3.05, 3.63) is 59.7 Å². The van der Waals surface area contributed by atoms with Crippen molar-refractivity contribution < 1.29 is 19.4 Å². The predicted molar refractivity (Wildman–Crippen MR) is 105 cm³/mol. The Hall–Kier alpha value is -2.44. The average molecular weight is 373 g/mol. The molecule has 0 fully saturated rings. The van der Waals surface area contributed by atoms with Gasteiger partial charge >= 0.3 is 0 Å². The molecule has 2 rings (SSSR count). The average Bonchev–Trinajstić information content (AvgIpc) is 2.70. The lowest BCUT2D eigenvalue weighted by atomic mass is 10.1. The molecule has 2 aromatic rings. The van der Waals surface area contributed by atoms with Gasteiger partial charge in [-0.3, -0.25) is 4.79 Å². The van der Waals surface area contributed by atoms with Crippen molar-refractivity contribution in [2.24, 2.45) is 0 Å². The van der Waals surface area contributed by atoms with Gasteiger partial charge in [0, 0.05) is 17.5 Å². The van der Waals surface area contributed by atoms with Crippen LogP contribution in [0.2, 0.25) is 0 Å². The Kier molecular flexibility index (Phi) is 7.56. The van der Waals surface area contributed by atoms with Crippen LogP contribution in [0, 0.1) is 0 Å². The number of nitrogens with one attached hydrogen (secondary N) is 1. The summed E-state index contributed by atoms with van der Waals surface area (Å²) in [6, 6.07) is 13.1. The van der Waals surface area contributed by atoms with Crippen LogP contribution in [0.15, 0.2) is 53.4 Å². The summed E-state index contributed by atoms with van der Waals surface area (Å²) in [6.07, 6.45) is 4.37. The summed E-state index contributed by atoms with van der Waals surface area (Å²) in [7, 11) is 3.08. The molecule has 26 heavy (non-hydrogen) atoms. The molecule has 138 valence electrons.